The van der Waals surface area contributed by atoms with Gasteiger partial charge in [0.25, 0.3) is 5.69 Å². The summed E-state index contributed by atoms with van der Waals surface area (Å²) in [5.74, 6) is -0.429. The van der Waals surface area contributed by atoms with E-state index in [0.29, 0.717) is 12.1 Å². The number of fused-ring (bicyclic) bond motifs is 1. The lowest BCUT2D eigenvalue weighted by molar-refractivity contribution is -0.384. The van der Waals surface area contributed by atoms with Crippen LogP contribution in [0.25, 0.3) is 11.0 Å². The van der Waals surface area contributed by atoms with Crippen molar-refractivity contribution in [2.45, 2.75) is 31.1 Å². The minimum absolute atomic E-state index is 0.165. The van der Waals surface area contributed by atoms with Gasteiger partial charge in [-0.25, -0.2) is 4.98 Å². The van der Waals surface area contributed by atoms with Crippen molar-refractivity contribution in [3.63, 3.8) is 0 Å². The number of nitro benzene ring substituents is 1. The number of unbranched alkanes of at least 4 members (excludes halogenated alkanes) is 1. The fourth-order valence-electron chi connectivity index (χ4n) is 1.99. The summed E-state index contributed by atoms with van der Waals surface area (Å²) in [6.07, 6.45) is 1.57. The molecule has 1 aromatic carbocycles. The molecule has 2 rings (SSSR count). The van der Waals surface area contributed by atoms with Crippen molar-refractivity contribution < 1.29 is 13.7 Å². The van der Waals surface area contributed by atoms with Gasteiger partial charge in [-0.3, -0.25) is 10.1 Å². The van der Waals surface area contributed by atoms with Gasteiger partial charge in [0, 0.05) is 18.7 Å². The normalized spacial score (nSPS) is 12.0. The molecule has 0 saturated heterocycles. The van der Waals surface area contributed by atoms with Crippen LogP contribution in [-0.2, 0) is 11.4 Å². The summed E-state index contributed by atoms with van der Waals surface area (Å²) in [6.45, 7) is 2.34. The van der Waals surface area contributed by atoms with Gasteiger partial charge in [-0.15, -0.1) is 0 Å². The largest absolute Gasteiger partial charge is 0.358 e. The lowest BCUT2D eigenvalue weighted by Crippen LogP contribution is -2.13. The first-order chi connectivity index (χ1) is 9.34. The second-order valence-electron chi connectivity index (χ2n) is 4.37. The van der Waals surface area contributed by atoms with Crippen molar-refractivity contribution >= 4 is 32.7 Å². The summed E-state index contributed by atoms with van der Waals surface area (Å²) < 4.78 is 28.5. The second kappa shape index (κ2) is 5.43. The van der Waals surface area contributed by atoms with Gasteiger partial charge in [-0.2, -0.15) is 8.78 Å². The lowest BCUT2D eigenvalue weighted by atomic mass is 10.2. The molecule has 0 N–H and O–H groups in total. The van der Waals surface area contributed by atoms with Gasteiger partial charge in [0.15, 0.2) is 5.82 Å². The van der Waals surface area contributed by atoms with Crippen LogP contribution in [0.15, 0.2) is 18.2 Å². The third kappa shape index (κ3) is 2.79. The zero-order valence-electron chi connectivity index (χ0n) is 10.6. The molecule has 0 spiro atoms. The third-order valence-corrected chi connectivity index (χ3v) is 3.29. The molecule has 8 heteroatoms. The Morgan fingerprint density at radius 3 is 2.75 bits per heavy atom. The first-order valence-electron chi connectivity index (χ1n) is 6.06. The first kappa shape index (κ1) is 14.8. The van der Waals surface area contributed by atoms with E-state index in [9.17, 15) is 18.9 Å². The van der Waals surface area contributed by atoms with Crippen molar-refractivity contribution in [2.24, 2.45) is 0 Å². The molecule has 0 bridgehead atoms. The molecule has 0 radical (unpaired) electrons. The number of aryl methyl sites for hydroxylation is 1. The maximum atomic E-state index is 13.5. The number of aromatic nitrogens is 2. The van der Waals surface area contributed by atoms with E-state index in [1.165, 1.54) is 22.8 Å². The molecular weight excluding hydrogens is 336 g/mol. The fourth-order valence-corrected chi connectivity index (χ4v) is 2.29. The monoisotopic (exact) mass is 347 g/mol. The van der Waals surface area contributed by atoms with Crippen LogP contribution in [0.3, 0.4) is 0 Å². The van der Waals surface area contributed by atoms with E-state index in [0.717, 1.165) is 12.8 Å². The molecule has 5 nitrogen and oxygen atoms in total. The number of benzene rings is 1. The number of imidazole rings is 1. The Bertz CT molecular complexity index is 652. The number of halogens is 3. The third-order valence-electron chi connectivity index (χ3n) is 2.93. The van der Waals surface area contributed by atoms with Crippen LogP contribution in [0, 0.1) is 10.1 Å². The maximum Gasteiger partial charge on any atom is 0.358 e. The molecule has 0 aliphatic rings. The van der Waals surface area contributed by atoms with Gasteiger partial charge < -0.3 is 4.57 Å². The number of nitrogens with zero attached hydrogens (tertiary/aromatic N) is 3. The Labute approximate surface area is 121 Å². The highest BCUT2D eigenvalue weighted by molar-refractivity contribution is 9.09. The topological polar surface area (TPSA) is 61.0 Å². The number of hydrogen-bond donors (Lipinski definition) is 0. The van der Waals surface area contributed by atoms with Crippen LogP contribution in [0.1, 0.15) is 25.6 Å². The highest BCUT2D eigenvalue weighted by Gasteiger charge is 2.34. The number of non-ortho nitro benzene ring substituents is 1. The molecular formula is C12H12BrF2N3O2. The standard InChI is InChI=1S/C12H12BrF2N3O2/c1-2-3-6-17-10-5-4-8(18(19)20)7-9(10)16-11(17)12(13,14)15/h4-5,7H,2-3,6H2,1H3. The Morgan fingerprint density at radius 2 is 2.20 bits per heavy atom. The number of rotatable bonds is 5. The number of alkyl halides is 3. The Balaban J connectivity index is 2.62. The molecule has 108 valence electrons. The smallest absolute Gasteiger partial charge is 0.322 e. The van der Waals surface area contributed by atoms with Gasteiger partial charge in [0.2, 0.25) is 0 Å². The Kier molecular flexibility index (Phi) is 4.03. The molecule has 0 aliphatic carbocycles. The van der Waals surface area contributed by atoms with Gasteiger partial charge in [-0.1, -0.05) is 13.3 Å². The predicted octanol–water partition coefficient (Wildman–Crippen LogP) is 4.19. The number of hydrogen-bond acceptors (Lipinski definition) is 3. The van der Waals surface area contributed by atoms with E-state index in [1.54, 1.807) is 0 Å². The van der Waals surface area contributed by atoms with Crippen molar-refractivity contribution in [1.29, 1.82) is 0 Å². The van der Waals surface area contributed by atoms with Crippen molar-refractivity contribution in [3.8, 4) is 0 Å². The van der Waals surface area contributed by atoms with Crippen LogP contribution >= 0.6 is 15.9 Å². The molecule has 0 amide bonds. The highest BCUT2D eigenvalue weighted by Crippen LogP contribution is 2.36. The summed E-state index contributed by atoms with van der Waals surface area (Å²) in [5.41, 5.74) is 0.504. The molecule has 2 aromatic rings. The molecule has 0 fully saturated rings. The van der Waals surface area contributed by atoms with Gasteiger partial charge in [0.05, 0.1) is 16.0 Å². The Morgan fingerprint density at radius 1 is 1.50 bits per heavy atom. The van der Waals surface area contributed by atoms with Crippen molar-refractivity contribution in [3.05, 3.63) is 34.1 Å². The van der Waals surface area contributed by atoms with Crippen molar-refractivity contribution in [1.82, 2.24) is 9.55 Å². The second-order valence-corrected chi connectivity index (χ2v) is 5.36. The molecule has 1 aromatic heterocycles. The van der Waals surface area contributed by atoms with Crippen LogP contribution in [0.4, 0.5) is 14.5 Å². The van der Waals surface area contributed by atoms with E-state index < -0.39 is 15.6 Å². The predicted molar refractivity (Wildman–Crippen MR) is 74.1 cm³/mol. The van der Waals surface area contributed by atoms with Gasteiger partial charge >= 0.3 is 4.83 Å². The minimum Gasteiger partial charge on any atom is -0.322 e. The van der Waals surface area contributed by atoms with Crippen LogP contribution < -0.4 is 0 Å². The quantitative estimate of drug-likeness (QED) is 0.462. The summed E-state index contributed by atoms with van der Waals surface area (Å²) in [5, 5.41) is 10.7. The van der Waals surface area contributed by atoms with E-state index in [4.69, 9.17) is 0 Å². The van der Waals surface area contributed by atoms with Gasteiger partial charge in [-0.05, 0) is 28.4 Å². The van der Waals surface area contributed by atoms with Crippen molar-refractivity contribution in [2.75, 3.05) is 0 Å². The summed E-state index contributed by atoms with van der Waals surface area (Å²) in [4.78, 5) is 10.7. The SMILES string of the molecule is CCCCn1c(C(F)(F)Br)nc2cc([N+](=O)[O-])ccc21. The Hall–Kier alpha value is -1.57. The molecule has 20 heavy (non-hydrogen) atoms. The molecule has 0 unspecified atom stereocenters. The molecule has 0 atom stereocenters. The number of nitro groups is 1. The summed E-state index contributed by atoms with van der Waals surface area (Å²) in [7, 11) is 0. The van der Waals surface area contributed by atoms with E-state index in [-0.39, 0.29) is 11.2 Å². The fraction of sp³-hybridized carbons (Fsp3) is 0.417. The van der Waals surface area contributed by atoms with Gasteiger partial charge in [0.1, 0.15) is 0 Å². The van der Waals surface area contributed by atoms with E-state index in [2.05, 4.69) is 20.9 Å². The lowest BCUT2D eigenvalue weighted by Gasteiger charge is -2.12. The summed E-state index contributed by atoms with van der Waals surface area (Å²) in [6, 6.07) is 3.96. The zero-order valence-corrected chi connectivity index (χ0v) is 12.2. The van der Waals surface area contributed by atoms with Crippen LogP contribution in [-0.4, -0.2) is 14.5 Å². The zero-order chi connectivity index (χ0) is 14.9. The highest BCUT2D eigenvalue weighted by atomic mass is 79.9. The average molecular weight is 348 g/mol. The molecule has 0 aliphatic heterocycles. The maximum absolute atomic E-state index is 13.5. The van der Waals surface area contributed by atoms with E-state index in [1.807, 2.05) is 6.92 Å². The molecule has 1 heterocycles. The first-order valence-corrected chi connectivity index (χ1v) is 6.85. The minimum atomic E-state index is -3.27. The molecule has 0 saturated carbocycles. The van der Waals surface area contributed by atoms with Crippen LogP contribution in [0.2, 0.25) is 0 Å². The summed E-state index contributed by atoms with van der Waals surface area (Å²) >= 11 is 2.30. The van der Waals surface area contributed by atoms with Crippen LogP contribution in [0.5, 0.6) is 0 Å². The average Bonchev–Trinajstić information content (AvgIpc) is 2.73. The van der Waals surface area contributed by atoms with E-state index >= 15 is 0 Å².